The Morgan fingerprint density at radius 3 is 2.56 bits per heavy atom. The molecule has 0 spiro atoms. The molecule has 3 aromatic rings. The molecule has 0 radical (unpaired) electrons. The zero-order chi connectivity index (χ0) is 22.2. The smallest absolute Gasteiger partial charge is 0.227 e. The summed E-state index contributed by atoms with van der Waals surface area (Å²) in [6.45, 7) is 3.89. The number of fused-ring (bicyclic) bond motifs is 2. The molecular formula is C27H30N2O3. The van der Waals surface area contributed by atoms with Gasteiger partial charge in [-0.2, -0.15) is 0 Å². The molecule has 0 N–H and O–H groups in total. The van der Waals surface area contributed by atoms with E-state index in [9.17, 15) is 4.79 Å². The number of hydrogen-bond acceptors (Lipinski definition) is 4. The first-order chi connectivity index (χ1) is 15.7. The minimum atomic E-state index is 0.125. The van der Waals surface area contributed by atoms with Gasteiger partial charge in [0, 0.05) is 18.3 Å². The number of carbonyl (C=O) groups is 1. The number of carbonyl (C=O) groups excluding carboxylic acids is 1. The largest absolute Gasteiger partial charge is 0.490 e. The minimum Gasteiger partial charge on any atom is -0.490 e. The molecule has 0 bridgehead atoms. The first kappa shape index (κ1) is 21.9. The summed E-state index contributed by atoms with van der Waals surface area (Å²) in [7, 11) is 0. The van der Waals surface area contributed by atoms with Crippen molar-refractivity contribution in [1.29, 1.82) is 0 Å². The molecule has 1 amide bonds. The monoisotopic (exact) mass is 430 g/mol. The highest BCUT2D eigenvalue weighted by Crippen LogP contribution is 2.32. The van der Waals surface area contributed by atoms with Crippen molar-refractivity contribution in [1.82, 2.24) is 9.88 Å². The Balaban J connectivity index is 1.58. The molecular weight excluding hydrogens is 400 g/mol. The summed E-state index contributed by atoms with van der Waals surface area (Å²) < 4.78 is 12.1. The molecule has 1 aliphatic rings. The molecule has 0 unspecified atom stereocenters. The molecule has 0 aliphatic carbocycles. The van der Waals surface area contributed by atoms with Crippen LogP contribution >= 0.6 is 0 Å². The Morgan fingerprint density at radius 1 is 0.938 bits per heavy atom. The zero-order valence-electron chi connectivity index (χ0n) is 18.6. The summed E-state index contributed by atoms with van der Waals surface area (Å²) in [5.74, 6) is 1.99. The third kappa shape index (κ3) is 5.88. The van der Waals surface area contributed by atoms with E-state index in [4.69, 9.17) is 9.47 Å². The first-order valence-electron chi connectivity index (χ1n) is 11.4. The predicted octanol–water partition coefficient (Wildman–Crippen LogP) is 5.71. The van der Waals surface area contributed by atoms with Gasteiger partial charge in [-0.25, -0.2) is 4.98 Å². The van der Waals surface area contributed by atoms with E-state index in [1.54, 1.807) is 6.20 Å². The van der Waals surface area contributed by atoms with Gasteiger partial charge in [-0.15, -0.1) is 0 Å². The molecule has 0 saturated heterocycles. The summed E-state index contributed by atoms with van der Waals surface area (Å²) in [6.07, 6.45) is 6.18. The fraction of sp³-hybridized carbons (Fsp3) is 0.333. The van der Waals surface area contributed by atoms with Crippen LogP contribution in [0.1, 0.15) is 42.4 Å². The normalized spacial score (nSPS) is 14.8. The van der Waals surface area contributed by atoms with E-state index in [1.165, 1.54) is 5.56 Å². The summed E-state index contributed by atoms with van der Waals surface area (Å²) in [6, 6.07) is 19.7. The molecule has 2 heterocycles. The fourth-order valence-electron chi connectivity index (χ4n) is 3.82. The number of amides is 1. The third-order valence-corrected chi connectivity index (χ3v) is 5.68. The average Bonchev–Trinajstić information content (AvgIpc) is 2.81. The molecule has 166 valence electrons. The second-order valence-corrected chi connectivity index (χ2v) is 8.26. The predicted molar refractivity (Wildman–Crippen MR) is 125 cm³/mol. The maximum Gasteiger partial charge on any atom is 0.227 e. The molecule has 32 heavy (non-hydrogen) atoms. The number of ether oxygens (including phenoxy) is 2. The second kappa shape index (κ2) is 10.8. The van der Waals surface area contributed by atoms with Gasteiger partial charge in [-0.1, -0.05) is 60.9 Å². The molecule has 1 aliphatic heterocycles. The van der Waals surface area contributed by atoms with E-state index in [0.717, 1.165) is 43.4 Å². The SMILES string of the molecule is Cc1ccc(CC(=O)N2CCCCCCOc3ccccc3Oc3ncccc3C2)cc1. The highest BCUT2D eigenvalue weighted by molar-refractivity contribution is 5.78. The van der Waals surface area contributed by atoms with Crippen molar-refractivity contribution in [2.45, 2.75) is 45.6 Å². The van der Waals surface area contributed by atoms with E-state index >= 15 is 0 Å². The molecule has 5 nitrogen and oxygen atoms in total. The standard InChI is InChI=1S/C27H30N2O3/c1-21-12-14-22(15-13-21)19-26(30)29-17-6-2-3-7-18-31-24-10-4-5-11-25(24)32-27-23(20-29)9-8-16-28-27/h4-5,8-16H,2-3,6-7,17-20H2,1H3. The van der Waals surface area contributed by atoms with Crippen molar-refractivity contribution >= 4 is 5.91 Å². The Labute approximate surface area is 190 Å². The summed E-state index contributed by atoms with van der Waals surface area (Å²) in [5.41, 5.74) is 3.12. The van der Waals surface area contributed by atoms with Gasteiger partial charge in [0.25, 0.3) is 0 Å². The summed E-state index contributed by atoms with van der Waals surface area (Å²) in [4.78, 5) is 19.6. The maximum atomic E-state index is 13.2. The second-order valence-electron chi connectivity index (χ2n) is 8.26. The van der Waals surface area contributed by atoms with Gasteiger partial charge in [0.05, 0.1) is 19.6 Å². The van der Waals surface area contributed by atoms with Gasteiger partial charge in [-0.05, 0) is 43.5 Å². The van der Waals surface area contributed by atoms with Crippen LogP contribution in [-0.2, 0) is 17.8 Å². The van der Waals surface area contributed by atoms with Crippen LogP contribution in [0, 0.1) is 6.92 Å². The van der Waals surface area contributed by atoms with Crippen molar-refractivity contribution in [2.75, 3.05) is 13.2 Å². The van der Waals surface area contributed by atoms with Gasteiger partial charge in [0.15, 0.2) is 11.5 Å². The van der Waals surface area contributed by atoms with Crippen LogP contribution in [0.25, 0.3) is 0 Å². The van der Waals surface area contributed by atoms with Gasteiger partial charge in [0.2, 0.25) is 11.8 Å². The van der Waals surface area contributed by atoms with Crippen LogP contribution in [-0.4, -0.2) is 28.9 Å². The average molecular weight is 431 g/mol. The maximum absolute atomic E-state index is 13.2. The molecule has 5 heteroatoms. The van der Waals surface area contributed by atoms with E-state index < -0.39 is 0 Å². The van der Waals surface area contributed by atoms with Crippen LogP contribution in [0.3, 0.4) is 0 Å². The zero-order valence-corrected chi connectivity index (χ0v) is 18.6. The Bertz CT molecular complexity index is 1030. The van der Waals surface area contributed by atoms with Gasteiger partial charge in [-0.3, -0.25) is 4.79 Å². The number of nitrogens with zero attached hydrogens (tertiary/aromatic N) is 2. The van der Waals surface area contributed by atoms with E-state index in [-0.39, 0.29) is 5.91 Å². The molecule has 1 aromatic heterocycles. The van der Waals surface area contributed by atoms with E-state index in [1.807, 2.05) is 53.4 Å². The lowest BCUT2D eigenvalue weighted by molar-refractivity contribution is -0.131. The number of benzene rings is 2. The van der Waals surface area contributed by atoms with Crippen LogP contribution in [0.2, 0.25) is 0 Å². The van der Waals surface area contributed by atoms with Crippen molar-refractivity contribution in [3.8, 4) is 17.4 Å². The van der Waals surface area contributed by atoms with Crippen molar-refractivity contribution < 1.29 is 14.3 Å². The van der Waals surface area contributed by atoms with Crippen LogP contribution in [0.4, 0.5) is 0 Å². The first-order valence-corrected chi connectivity index (χ1v) is 11.4. The highest BCUT2D eigenvalue weighted by atomic mass is 16.5. The lowest BCUT2D eigenvalue weighted by Crippen LogP contribution is -2.33. The fourth-order valence-corrected chi connectivity index (χ4v) is 3.82. The number of aromatic nitrogens is 1. The summed E-state index contributed by atoms with van der Waals surface area (Å²) >= 11 is 0. The molecule has 4 rings (SSSR count). The molecule has 0 atom stereocenters. The number of para-hydroxylation sites is 2. The number of pyridine rings is 1. The molecule has 0 saturated carbocycles. The van der Waals surface area contributed by atoms with Crippen molar-refractivity contribution in [2.24, 2.45) is 0 Å². The van der Waals surface area contributed by atoms with Crippen molar-refractivity contribution in [3.63, 3.8) is 0 Å². The van der Waals surface area contributed by atoms with Gasteiger partial charge >= 0.3 is 0 Å². The quantitative estimate of drug-likeness (QED) is 0.523. The molecule has 0 fully saturated rings. The minimum absolute atomic E-state index is 0.125. The van der Waals surface area contributed by atoms with E-state index in [0.29, 0.717) is 37.0 Å². The van der Waals surface area contributed by atoms with Gasteiger partial charge in [0.1, 0.15) is 0 Å². The molecule has 2 aromatic carbocycles. The number of aryl methyl sites for hydroxylation is 1. The Morgan fingerprint density at radius 2 is 1.72 bits per heavy atom. The lowest BCUT2D eigenvalue weighted by atomic mass is 10.1. The van der Waals surface area contributed by atoms with E-state index in [2.05, 4.69) is 24.0 Å². The number of hydrogen-bond donors (Lipinski definition) is 0. The number of rotatable bonds is 2. The van der Waals surface area contributed by atoms with Crippen LogP contribution < -0.4 is 9.47 Å². The lowest BCUT2D eigenvalue weighted by Gasteiger charge is -2.24. The van der Waals surface area contributed by atoms with Crippen molar-refractivity contribution in [3.05, 3.63) is 83.6 Å². The topological polar surface area (TPSA) is 51.7 Å². The van der Waals surface area contributed by atoms with Gasteiger partial charge < -0.3 is 14.4 Å². The highest BCUT2D eigenvalue weighted by Gasteiger charge is 2.18. The Hall–Kier alpha value is -3.34. The van der Waals surface area contributed by atoms with Crippen LogP contribution in [0.15, 0.2) is 66.9 Å². The third-order valence-electron chi connectivity index (χ3n) is 5.68. The van der Waals surface area contributed by atoms with Crippen LogP contribution in [0.5, 0.6) is 17.4 Å². The summed E-state index contributed by atoms with van der Waals surface area (Å²) in [5, 5.41) is 0. The Kier molecular flexibility index (Phi) is 7.38.